The molecule has 5 aliphatic carbocycles. The van der Waals surface area contributed by atoms with E-state index in [9.17, 15) is 76.0 Å². The summed E-state index contributed by atoms with van der Waals surface area (Å²) >= 11 is 0. The fraction of sp³-hybridized carbons (Fsp3) is 0.932. The Morgan fingerprint density at radius 2 is 1.19 bits per heavy atom. The summed E-state index contributed by atoms with van der Waals surface area (Å²) in [5, 5.41) is 145. The number of rotatable bonds is 14. The van der Waals surface area contributed by atoms with Gasteiger partial charge in [-0.2, -0.15) is 0 Å². The number of esters is 1. The summed E-state index contributed by atoms with van der Waals surface area (Å²) in [6, 6.07) is 0. The summed E-state index contributed by atoms with van der Waals surface area (Å²) < 4.78 is 65.6. The number of hydrogen-bond acceptors (Lipinski definition) is 25. The van der Waals surface area contributed by atoms with Gasteiger partial charge in [0, 0.05) is 12.3 Å². The second kappa shape index (κ2) is 24.4. The van der Waals surface area contributed by atoms with Gasteiger partial charge >= 0.3 is 11.9 Å². The molecule has 0 aromatic rings. The zero-order valence-electron chi connectivity index (χ0n) is 49.8. The first-order valence-corrected chi connectivity index (χ1v) is 30.5. The maximum Gasteiger partial charge on any atom is 0.310 e. The SMILES string of the molecule is CC(=O)O[C@@H]1[C@@H](O)[C@H](O[C@@H]2[C@@H](O)[C@@H](O)[C@H](O[C@H]3[C@H](O[C@H]4[C@H](O[C@H]5CC[C@@]6(C)C(CC[C@]7(C)C6CC=C6[C@@H]8CC(C)(C)CC[C@]8(C(=O)O)CC[C@]67C)[C@]5(C)CO)O[C@H](CO[C@@H]5OC[C@@H](O)[C@H](O)[C@H]5O)[C@@H](O)[C@@H]4O)OC[C@@H](O)[C@@H]3O)O[C@H]2C)OC[C@H]1O. The van der Waals surface area contributed by atoms with Crippen LogP contribution in [0.15, 0.2) is 11.6 Å². The van der Waals surface area contributed by atoms with Gasteiger partial charge in [-0.1, -0.05) is 53.2 Å². The van der Waals surface area contributed by atoms with Crippen LogP contribution in [0.2, 0.25) is 0 Å². The van der Waals surface area contributed by atoms with Crippen molar-refractivity contribution in [3.05, 3.63) is 11.6 Å². The van der Waals surface area contributed by atoms with Crippen LogP contribution >= 0.6 is 0 Å². The highest BCUT2D eigenvalue weighted by Gasteiger charge is 2.70. The summed E-state index contributed by atoms with van der Waals surface area (Å²) in [6.07, 6.45) is -27.9. The lowest BCUT2D eigenvalue weighted by Crippen LogP contribution is -2.68. The number of aliphatic carboxylic acids is 1. The van der Waals surface area contributed by atoms with E-state index in [0.29, 0.717) is 32.1 Å². The molecule has 0 radical (unpaired) electrons. The van der Waals surface area contributed by atoms with Gasteiger partial charge in [-0.05, 0) is 111 Å². The normalized spacial score (nSPS) is 53.4. The third kappa shape index (κ3) is 11.4. The van der Waals surface area contributed by atoms with Crippen LogP contribution in [0.5, 0.6) is 0 Å². The molecule has 10 aliphatic rings. The molecule has 486 valence electrons. The maximum atomic E-state index is 13.3. The van der Waals surface area contributed by atoms with E-state index in [2.05, 4.69) is 40.7 Å². The van der Waals surface area contributed by atoms with Gasteiger partial charge in [0.25, 0.3) is 0 Å². The molecular formula is C59H94O26. The summed E-state index contributed by atoms with van der Waals surface area (Å²) in [7, 11) is 0. The van der Waals surface area contributed by atoms with E-state index < -0.39 is 191 Å². The molecule has 5 aliphatic heterocycles. The zero-order valence-corrected chi connectivity index (χ0v) is 49.8. The van der Waals surface area contributed by atoms with Gasteiger partial charge in [-0.15, -0.1) is 0 Å². The smallest absolute Gasteiger partial charge is 0.310 e. The number of aliphatic hydroxyl groups excluding tert-OH is 12. The largest absolute Gasteiger partial charge is 0.481 e. The Morgan fingerprint density at radius 3 is 1.87 bits per heavy atom. The maximum absolute atomic E-state index is 13.3. The van der Waals surface area contributed by atoms with Crippen LogP contribution in [0.4, 0.5) is 0 Å². The Hall–Kier alpha value is -2.20. The Labute approximate surface area is 494 Å². The first-order chi connectivity index (χ1) is 39.9. The Kier molecular flexibility index (Phi) is 18.9. The minimum absolute atomic E-state index is 0.00656. The van der Waals surface area contributed by atoms with Crippen LogP contribution in [-0.2, 0) is 61.7 Å². The molecule has 85 heavy (non-hydrogen) atoms. The number of carboxylic acid groups (broad SMARTS) is 1. The van der Waals surface area contributed by atoms with Gasteiger partial charge in [0.15, 0.2) is 37.6 Å². The molecule has 26 heteroatoms. The number of carbonyl (C=O) groups excluding carboxylic acids is 1. The van der Waals surface area contributed by atoms with Crippen molar-refractivity contribution in [3.63, 3.8) is 0 Å². The van der Waals surface area contributed by atoms with Crippen molar-refractivity contribution < 1.29 is 128 Å². The molecule has 5 heterocycles. The van der Waals surface area contributed by atoms with Gasteiger partial charge in [-0.3, -0.25) is 9.59 Å². The third-order valence-electron chi connectivity index (χ3n) is 22.8. The van der Waals surface area contributed by atoms with Gasteiger partial charge in [-0.25, -0.2) is 0 Å². The van der Waals surface area contributed by atoms with Crippen molar-refractivity contribution in [3.8, 4) is 0 Å². The molecule has 0 aromatic heterocycles. The van der Waals surface area contributed by atoms with Crippen LogP contribution in [0.1, 0.15) is 120 Å². The summed E-state index contributed by atoms with van der Waals surface area (Å²) in [4.78, 5) is 25.0. The quantitative estimate of drug-likeness (QED) is 0.0554. The molecule has 13 N–H and O–H groups in total. The number of aliphatic hydroxyl groups is 12. The third-order valence-corrected chi connectivity index (χ3v) is 22.8. The van der Waals surface area contributed by atoms with Crippen molar-refractivity contribution in [2.24, 2.45) is 50.2 Å². The van der Waals surface area contributed by atoms with E-state index in [1.165, 1.54) is 12.5 Å². The van der Waals surface area contributed by atoms with E-state index in [4.69, 9.17) is 52.1 Å². The molecule has 0 bridgehead atoms. The van der Waals surface area contributed by atoms with Crippen LogP contribution in [-0.4, -0.2) is 253 Å². The summed E-state index contributed by atoms with van der Waals surface area (Å²) in [6.45, 7) is 13.7. The van der Waals surface area contributed by atoms with Crippen LogP contribution in [0, 0.1) is 50.2 Å². The van der Waals surface area contributed by atoms with Gasteiger partial charge in [0.2, 0.25) is 0 Å². The summed E-state index contributed by atoms with van der Waals surface area (Å²) in [5.41, 5.74) is -1.37. The van der Waals surface area contributed by atoms with Gasteiger partial charge in [0.1, 0.15) is 91.6 Å². The molecule has 2 unspecified atom stereocenters. The van der Waals surface area contributed by atoms with E-state index in [0.717, 1.165) is 39.0 Å². The molecule has 0 spiro atoms. The van der Waals surface area contributed by atoms with E-state index >= 15 is 0 Å². The standard InChI is InChI=1S/C59H94O26/c1-25-44(83-49-43(72)45(80-26(2)61)31(64)22-76-49)40(69)42(71)50(79-25)84-46-37(66)30(63)21-77-51(46)85-47-39(68)38(67)32(23-78-48-41(70)36(65)29(62)20-75-48)81-52(47)82-35-12-13-55(5)33(56(35,6)24-60)11-14-58(8)34(55)10-9-27-28-19-54(3,4)15-17-59(28,53(73)74)18-16-57(27,58)7/h9,25,28-52,60,62-72H,10-24H2,1-8H3,(H,73,74)/t25-,28-,29+,30+,31+,32+,33?,34?,35-,36-,37-,38+,39-,40-,41+,42+,43+,44-,45-,46+,47+,48-,49-,50-,51-,52-,55-,56-,57+,58+,59-/m0/s1. The molecule has 0 amide bonds. The number of carboxylic acids is 1. The Bertz CT molecular complexity index is 2400. The molecule has 4 saturated carbocycles. The Morgan fingerprint density at radius 1 is 0.588 bits per heavy atom. The minimum atomic E-state index is -1.98. The molecular weight excluding hydrogens is 1120 g/mol. The van der Waals surface area contributed by atoms with Crippen LogP contribution in [0.3, 0.4) is 0 Å². The fourth-order valence-corrected chi connectivity index (χ4v) is 17.5. The summed E-state index contributed by atoms with van der Waals surface area (Å²) in [5.74, 6) is -1.60. The number of carbonyl (C=O) groups is 2. The fourth-order valence-electron chi connectivity index (χ4n) is 17.5. The molecule has 5 saturated heterocycles. The monoisotopic (exact) mass is 1220 g/mol. The lowest BCUT2D eigenvalue weighted by molar-refractivity contribution is -0.395. The van der Waals surface area contributed by atoms with E-state index in [1.807, 2.05) is 6.92 Å². The molecule has 26 nitrogen and oxygen atoms in total. The number of ether oxygens (including phenoxy) is 11. The highest BCUT2D eigenvalue weighted by Crippen LogP contribution is 2.76. The van der Waals surface area contributed by atoms with Gasteiger partial charge in [0.05, 0.1) is 50.7 Å². The number of fused-ring (bicyclic) bond motifs is 7. The average Bonchev–Trinajstić information content (AvgIpc) is 0.763. The van der Waals surface area contributed by atoms with Crippen molar-refractivity contribution in [2.45, 2.75) is 261 Å². The van der Waals surface area contributed by atoms with Crippen molar-refractivity contribution in [1.29, 1.82) is 0 Å². The predicted octanol–water partition coefficient (Wildman–Crippen LogP) is -1.16. The molecule has 0 aromatic carbocycles. The number of allylic oxidation sites excluding steroid dienone is 2. The van der Waals surface area contributed by atoms with E-state index in [1.54, 1.807) is 0 Å². The second-order valence-corrected chi connectivity index (χ2v) is 28.2. The second-order valence-electron chi connectivity index (χ2n) is 28.2. The first-order valence-electron chi connectivity index (χ1n) is 30.5. The predicted molar refractivity (Wildman–Crippen MR) is 287 cm³/mol. The lowest BCUT2D eigenvalue weighted by Gasteiger charge is -2.71. The van der Waals surface area contributed by atoms with E-state index in [-0.39, 0.29) is 46.0 Å². The first kappa shape index (κ1) is 65.7. The molecule has 10 rings (SSSR count). The van der Waals surface area contributed by atoms with Crippen LogP contribution < -0.4 is 0 Å². The Balaban J connectivity index is 0.899. The number of hydrogen-bond donors (Lipinski definition) is 13. The minimum Gasteiger partial charge on any atom is -0.481 e. The van der Waals surface area contributed by atoms with Gasteiger partial charge < -0.3 is 118 Å². The van der Waals surface area contributed by atoms with Crippen LogP contribution in [0.25, 0.3) is 0 Å². The topological polar surface area (TPSA) is 399 Å². The highest BCUT2D eigenvalue weighted by atomic mass is 16.8. The van der Waals surface area contributed by atoms with Crippen molar-refractivity contribution >= 4 is 11.9 Å². The molecule has 9 fully saturated rings. The van der Waals surface area contributed by atoms with Crippen molar-refractivity contribution in [1.82, 2.24) is 0 Å². The zero-order chi connectivity index (χ0) is 61.8. The lowest BCUT2D eigenvalue weighted by atomic mass is 9.33. The highest BCUT2D eigenvalue weighted by molar-refractivity contribution is 5.76. The molecule has 31 atom stereocenters. The average molecular weight is 1220 g/mol. The van der Waals surface area contributed by atoms with Crippen molar-refractivity contribution in [2.75, 3.05) is 33.0 Å².